The average Bonchev–Trinajstić information content (AvgIpc) is 2.54. The van der Waals surface area contributed by atoms with Crippen LogP contribution in [0.25, 0.3) is 10.8 Å². The summed E-state index contributed by atoms with van der Waals surface area (Å²) in [5, 5.41) is 20.7. The number of aliphatic carboxylic acids is 1. The van der Waals surface area contributed by atoms with Gasteiger partial charge < -0.3 is 5.11 Å². The molecule has 0 fully saturated rings. The lowest BCUT2D eigenvalue weighted by Crippen LogP contribution is -2.41. The second kappa shape index (κ2) is 6.01. The van der Waals surface area contributed by atoms with Crippen LogP contribution in [0.15, 0.2) is 24.3 Å². The second-order valence-corrected chi connectivity index (χ2v) is 5.92. The minimum absolute atomic E-state index is 0.0540. The summed E-state index contributed by atoms with van der Waals surface area (Å²) >= 11 is 0. The zero-order valence-electron chi connectivity index (χ0n) is 13.3. The maximum Gasteiger partial charge on any atom is 0.303 e. The summed E-state index contributed by atoms with van der Waals surface area (Å²) in [5.41, 5.74) is 0.901. The van der Waals surface area contributed by atoms with Gasteiger partial charge in [-0.1, -0.05) is 17.6 Å². The van der Waals surface area contributed by atoms with E-state index in [1.807, 2.05) is 0 Å². The highest BCUT2D eigenvalue weighted by Crippen LogP contribution is 2.33. The van der Waals surface area contributed by atoms with Crippen molar-refractivity contribution in [3.63, 3.8) is 0 Å². The van der Waals surface area contributed by atoms with Crippen molar-refractivity contribution in [2.45, 2.75) is 12.8 Å². The molecule has 2 aromatic carbocycles. The van der Waals surface area contributed by atoms with Gasteiger partial charge >= 0.3 is 5.97 Å². The minimum atomic E-state index is -1.02. The molecule has 0 aliphatic carbocycles. The largest absolute Gasteiger partial charge is 0.481 e. The predicted octanol–water partition coefficient (Wildman–Crippen LogP) is 0.467. The highest BCUT2D eigenvalue weighted by Gasteiger charge is 2.34. The number of rotatable bonds is 5. The number of carboxylic acid groups (broad SMARTS) is 1. The first-order chi connectivity index (χ1) is 11.8. The molecule has 0 bridgehead atoms. The monoisotopic (exact) mass is 340 g/mol. The molecule has 1 N–H and O–H groups in total. The molecule has 0 radical (unpaired) electrons. The van der Waals surface area contributed by atoms with Crippen molar-refractivity contribution in [3.8, 4) is 0 Å². The molecule has 0 unspecified atom stereocenters. The molecule has 3 rings (SSSR count). The molecular weight excluding hydrogens is 327 g/mol. The van der Waals surface area contributed by atoms with Crippen LogP contribution in [0, 0.1) is 10.1 Å². The van der Waals surface area contributed by atoms with E-state index in [-0.39, 0.29) is 30.6 Å². The Kier molecular flexibility index (Phi) is 4.00. The smallest absolute Gasteiger partial charge is 0.303 e. The number of non-ortho nitro benzene ring substituents is 1. The number of carboxylic acids is 1. The Hall–Kier alpha value is -3.23. The molecular formula is C16H13BN2O6. The van der Waals surface area contributed by atoms with E-state index >= 15 is 0 Å². The SMILES string of the molecule is Bc1cc2c3c(cc([N+](=O)[O-])cc3c1)C(=O)N(CCCC(=O)O)C2=O. The highest BCUT2D eigenvalue weighted by molar-refractivity contribution is 6.36. The summed E-state index contributed by atoms with van der Waals surface area (Å²) in [4.78, 5) is 47.5. The molecule has 0 saturated heterocycles. The van der Waals surface area contributed by atoms with Gasteiger partial charge in [-0.25, -0.2) is 0 Å². The standard InChI is InChI=1S/C16H13BN2O6/c17-9-4-8-5-10(19(24)25)7-12-14(8)11(6-9)15(22)18(16(12)23)3-1-2-13(20)21/h4-7H,1-3,17H2,(H,20,21). The summed E-state index contributed by atoms with van der Waals surface area (Å²) in [6, 6.07) is 5.84. The fourth-order valence-electron chi connectivity index (χ4n) is 3.07. The third-order valence-electron chi connectivity index (χ3n) is 4.11. The number of carbonyl (C=O) groups is 3. The van der Waals surface area contributed by atoms with Gasteiger partial charge in [0.1, 0.15) is 7.85 Å². The van der Waals surface area contributed by atoms with Crippen LogP contribution in [0.5, 0.6) is 0 Å². The lowest BCUT2D eigenvalue weighted by atomic mass is 9.86. The second-order valence-electron chi connectivity index (χ2n) is 5.92. The van der Waals surface area contributed by atoms with Crippen molar-refractivity contribution in [2.24, 2.45) is 0 Å². The van der Waals surface area contributed by atoms with Gasteiger partial charge in [0.25, 0.3) is 17.5 Å². The van der Waals surface area contributed by atoms with E-state index < -0.39 is 22.7 Å². The van der Waals surface area contributed by atoms with Gasteiger partial charge in [-0.15, -0.1) is 0 Å². The molecule has 2 aromatic rings. The van der Waals surface area contributed by atoms with Gasteiger partial charge in [0, 0.05) is 36.0 Å². The van der Waals surface area contributed by atoms with Gasteiger partial charge in [-0.3, -0.25) is 29.4 Å². The number of nitrogens with zero attached hydrogens (tertiary/aromatic N) is 2. The Balaban J connectivity index is 2.15. The van der Waals surface area contributed by atoms with E-state index in [0.29, 0.717) is 16.3 Å². The van der Waals surface area contributed by atoms with Crippen LogP contribution in [0.2, 0.25) is 0 Å². The number of imide groups is 1. The molecule has 1 aliphatic rings. The average molecular weight is 340 g/mol. The fourth-order valence-corrected chi connectivity index (χ4v) is 3.07. The lowest BCUT2D eigenvalue weighted by molar-refractivity contribution is -0.384. The van der Waals surface area contributed by atoms with Crippen LogP contribution in [0.4, 0.5) is 5.69 Å². The van der Waals surface area contributed by atoms with Crippen molar-refractivity contribution in [2.75, 3.05) is 6.54 Å². The maximum absolute atomic E-state index is 12.7. The fraction of sp³-hybridized carbons (Fsp3) is 0.188. The minimum Gasteiger partial charge on any atom is -0.481 e. The molecule has 1 heterocycles. The molecule has 0 aromatic heterocycles. The van der Waals surface area contributed by atoms with E-state index in [2.05, 4.69) is 0 Å². The first-order valence-electron chi connectivity index (χ1n) is 7.60. The summed E-state index contributed by atoms with van der Waals surface area (Å²) in [7, 11) is 1.76. The number of benzene rings is 2. The molecule has 25 heavy (non-hydrogen) atoms. The van der Waals surface area contributed by atoms with Crippen molar-refractivity contribution in [3.05, 3.63) is 45.5 Å². The number of amides is 2. The topological polar surface area (TPSA) is 118 Å². The van der Waals surface area contributed by atoms with Crippen molar-refractivity contribution >= 4 is 47.6 Å². The Morgan fingerprint density at radius 1 is 1.16 bits per heavy atom. The van der Waals surface area contributed by atoms with Crippen LogP contribution < -0.4 is 5.46 Å². The maximum atomic E-state index is 12.7. The first-order valence-corrected chi connectivity index (χ1v) is 7.60. The number of nitro groups is 1. The molecule has 8 nitrogen and oxygen atoms in total. The molecule has 1 aliphatic heterocycles. The van der Waals surface area contributed by atoms with Gasteiger partial charge in [0.15, 0.2) is 0 Å². The van der Waals surface area contributed by atoms with Crippen molar-refractivity contribution < 1.29 is 24.4 Å². The zero-order valence-corrected chi connectivity index (χ0v) is 13.3. The Morgan fingerprint density at radius 3 is 2.40 bits per heavy atom. The third-order valence-corrected chi connectivity index (χ3v) is 4.11. The van der Waals surface area contributed by atoms with Gasteiger partial charge in [0.05, 0.1) is 10.5 Å². The summed E-state index contributed by atoms with van der Waals surface area (Å²) < 4.78 is 0. The third kappa shape index (κ3) is 2.84. The summed E-state index contributed by atoms with van der Waals surface area (Å²) in [6.45, 7) is -0.0540. The van der Waals surface area contributed by atoms with Crippen LogP contribution in [-0.4, -0.2) is 47.1 Å². The van der Waals surface area contributed by atoms with Crippen molar-refractivity contribution in [1.29, 1.82) is 0 Å². The Labute approximate surface area is 142 Å². The predicted molar refractivity (Wildman–Crippen MR) is 91.0 cm³/mol. The number of hydrogen-bond acceptors (Lipinski definition) is 5. The number of nitro benzene ring substituents is 1. The van der Waals surface area contributed by atoms with E-state index in [1.165, 1.54) is 12.1 Å². The van der Waals surface area contributed by atoms with E-state index in [1.54, 1.807) is 20.0 Å². The molecule has 126 valence electrons. The van der Waals surface area contributed by atoms with E-state index in [9.17, 15) is 24.5 Å². The van der Waals surface area contributed by atoms with Gasteiger partial charge in [0.2, 0.25) is 0 Å². The molecule has 0 atom stereocenters. The first kappa shape index (κ1) is 16.6. The summed E-state index contributed by atoms with van der Waals surface area (Å²) in [5.74, 6) is -2.17. The Morgan fingerprint density at radius 2 is 1.80 bits per heavy atom. The van der Waals surface area contributed by atoms with Gasteiger partial charge in [-0.05, 0) is 11.8 Å². The molecule has 9 heteroatoms. The number of hydrogen-bond donors (Lipinski definition) is 1. The highest BCUT2D eigenvalue weighted by atomic mass is 16.6. The Bertz CT molecular complexity index is 955. The molecule has 0 spiro atoms. The van der Waals surface area contributed by atoms with Crippen LogP contribution in [-0.2, 0) is 4.79 Å². The van der Waals surface area contributed by atoms with Gasteiger partial charge in [-0.2, -0.15) is 0 Å². The van der Waals surface area contributed by atoms with Crippen molar-refractivity contribution in [1.82, 2.24) is 4.90 Å². The van der Waals surface area contributed by atoms with E-state index in [4.69, 9.17) is 5.11 Å². The lowest BCUT2D eigenvalue weighted by Gasteiger charge is -2.27. The molecule has 2 amide bonds. The quantitative estimate of drug-likeness (QED) is 0.366. The van der Waals surface area contributed by atoms with Crippen LogP contribution in [0.1, 0.15) is 33.6 Å². The van der Waals surface area contributed by atoms with Crippen LogP contribution >= 0.6 is 0 Å². The number of carbonyl (C=O) groups excluding carboxylic acids is 2. The normalized spacial score (nSPS) is 13.4. The zero-order chi connectivity index (χ0) is 18.3. The summed E-state index contributed by atoms with van der Waals surface area (Å²) in [6.07, 6.45) is -0.0614. The molecule has 0 saturated carbocycles. The van der Waals surface area contributed by atoms with E-state index in [0.717, 1.165) is 10.4 Å². The van der Waals surface area contributed by atoms with Crippen LogP contribution in [0.3, 0.4) is 0 Å².